The molecule has 6 heteroatoms. The largest absolute Gasteiger partial charge is 0.328 e. The zero-order valence-corrected chi connectivity index (χ0v) is 13.2. The number of amides is 1. The highest BCUT2D eigenvalue weighted by Gasteiger charge is 2.51. The summed E-state index contributed by atoms with van der Waals surface area (Å²) in [4.78, 5) is 13.0. The highest BCUT2D eigenvalue weighted by Crippen LogP contribution is 2.45. The van der Waals surface area contributed by atoms with Crippen molar-refractivity contribution in [1.29, 1.82) is 0 Å². The monoisotopic (exact) mass is 323 g/mol. The van der Waals surface area contributed by atoms with Gasteiger partial charge in [-0.05, 0) is 50.3 Å². The molecule has 1 aromatic carbocycles. The molecular weight excluding hydrogens is 305 g/mol. The van der Waals surface area contributed by atoms with Crippen molar-refractivity contribution in [2.75, 3.05) is 5.01 Å². The van der Waals surface area contributed by atoms with Gasteiger partial charge in [0.25, 0.3) is 5.91 Å². The Labute approximate surface area is 134 Å². The number of carbonyl (C=O) groups excluding carboxylic acids is 1. The number of anilines is 1. The first kappa shape index (κ1) is 15.4. The van der Waals surface area contributed by atoms with Crippen molar-refractivity contribution < 1.29 is 9.18 Å². The van der Waals surface area contributed by atoms with Crippen LogP contribution in [0.2, 0.25) is 5.02 Å². The normalized spacial score (nSPS) is 28.4. The van der Waals surface area contributed by atoms with E-state index in [-0.39, 0.29) is 17.0 Å². The fourth-order valence-electron chi connectivity index (χ4n) is 3.45. The molecule has 118 valence electrons. The summed E-state index contributed by atoms with van der Waals surface area (Å²) < 4.78 is 13.2. The molecule has 2 aliphatic rings. The molecule has 22 heavy (non-hydrogen) atoms. The van der Waals surface area contributed by atoms with Crippen LogP contribution >= 0.6 is 11.6 Å². The molecule has 1 aliphatic heterocycles. The van der Waals surface area contributed by atoms with Crippen LogP contribution in [0.25, 0.3) is 0 Å². The van der Waals surface area contributed by atoms with Crippen molar-refractivity contribution >= 4 is 28.9 Å². The average Bonchev–Trinajstić information content (AvgIpc) is 2.76. The molecule has 2 N–H and O–H groups in total. The SMILES string of the molecule is CCC1=NN(c2ccc(F)cc2Cl)C(=O)C12CCC(N)CC2. The zero-order chi connectivity index (χ0) is 15.9. The molecule has 3 rings (SSSR count). The topological polar surface area (TPSA) is 58.7 Å². The lowest BCUT2D eigenvalue weighted by atomic mass is 9.68. The summed E-state index contributed by atoms with van der Waals surface area (Å²) in [5.41, 5.74) is 6.74. The molecule has 0 saturated heterocycles. The van der Waals surface area contributed by atoms with Crippen LogP contribution < -0.4 is 10.7 Å². The lowest BCUT2D eigenvalue weighted by molar-refractivity contribution is -0.125. The molecule has 1 fully saturated rings. The molecule has 4 nitrogen and oxygen atoms in total. The van der Waals surface area contributed by atoms with E-state index in [1.165, 1.54) is 23.2 Å². The van der Waals surface area contributed by atoms with Crippen LogP contribution in [0.3, 0.4) is 0 Å². The van der Waals surface area contributed by atoms with Gasteiger partial charge in [-0.25, -0.2) is 4.39 Å². The third-order valence-electron chi connectivity index (χ3n) is 4.73. The number of rotatable bonds is 2. The minimum Gasteiger partial charge on any atom is -0.328 e. The van der Waals surface area contributed by atoms with E-state index < -0.39 is 11.2 Å². The summed E-state index contributed by atoms with van der Waals surface area (Å²) in [6.45, 7) is 2.00. The molecule has 0 unspecified atom stereocenters. The number of hydrogen-bond donors (Lipinski definition) is 1. The van der Waals surface area contributed by atoms with Crippen LogP contribution in [-0.4, -0.2) is 17.7 Å². The van der Waals surface area contributed by atoms with Gasteiger partial charge in [0.2, 0.25) is 0 Å². The zero-order valence-electron chi connectivity index (χ0n) is 12.5. The Morgan fingerprint density at radius 1 is 1.45 bits per heavy atom. The summed E-state index contributed by atoms with van der Waals surface area (Å²) in [6, 6.07) is 4.14. The molecule has 1 heterocycles. The summed E-state index contributed by atoms with van der Waals surface area (Å²) >= 11 is 6.09. The van der Waals surface area contributed by atoms with Crippen molar-refractivity contribution in [3.05, 3.63) is 29.0 Å². The second-order valence-electron chi connectivity index (χ2n) is 6.03. The number of carbonyl (C=O) groups is 1. The lowest BCUT2D eigenvalue weighted by Gasteiger charge is -2.35. The lowest BCUT2D eigenvalue weighted by Crippen LogP contribution is -2.45. The van der Waals surface area contributed by atoms with Crippen LogP contribution in [0.4, 0.5) is 10.1 Å². The molecule has 1 aromatic rings. The standard InChI is InChI=1S/C16H19ClFN3O/c1-2-14-16(7-5-11(19)6-8-16)15(22)21(20-14)13-4-3-10(18)9-12(13)17/h3-4,9,11H,2,5-8,19H2,1H3. The molecule has 0 aromatic heterocycles. The molecule has 1 saturated carbocycles. The van der Waals surface area contributed by atoms with E-state index in [1.807, 2.05) is 6.92 Å². The third-order valence-corrected chi connectivity index (χ3v) is 5.03. The maximum Gasteiger partial charge on any atom is 0.259 e. The second-order valence-corrected chi connectivity index (χ2v) is 6.44. The second kappa shape index (κ2) is 5.63. The minimum absolute atomic E-state index is 0.0650. The van der Waals surface area contributed by atoms with E-state index >= 15 is 0 Å². The summed E-state index contributed by atoms with van der Waals surface area (Å²) in [5, 5.41) is 6.04. The van der Waals surface area contributed by atoms with Gasteiger partial charge in [-0.2, -0.15) is 10.1 Å². The number of halogens is 2. The van der Waals surface area contributed by atoms with Crippen LogP contribution in [0.1, 0.15) is 39.0 Å². The number of hydrazone groups is 1. The van der Waals surface area contributed by atoms with E-state index in [0.29, 0.717) is 12.1 Å². The number of hydrogen-bond acceptors (Lipinski definition) is 3. The molecule has 1 amide bonds. The smallest absolute Gasteiger partial charge is 0.259 e. The van der Waals surface area contributed by atoms with Gasteiger partial charge in [0.1, 0.15) is 5.82 Å². The average molecular weight is 324 g/mol. The summed E-state index contributed by atoms with van der Waals surface area (Å²) in [5.74, 6) is -0.497. The van der Waals surface area contributed by atoms with Gasteiger partial charge in [-0.15, -0.1) is 0 Å². The Balaban J connectivity index is 1.98. The Hall–Kier alpha value is -1.46. The summed E-state index contributed by atoms with van der Waals surface area (Å²) in [6.07, 6.45) is 3.77. The van der Waals surface area contributed by atoms with Gasteiger partial charge >= 0.3 is 0 Å². The number of nitrogens with zero attached hydrogens (tertiary/aromatic N) is 2. The number of benzene rings is 1. The summed E-state index contributed by atoms with van der Waals surface area (Å²) in [7, 11) is 0. The Morgan fingerprint density at radius 3 is 2.73 bits per heavy atom. The van der Waals surface area contributed by atoms with E-state index in [1.54, 1.807) is 0 Å². The van der Waals surface area contributed by atoms with Crippen LogP contribution in [0, 0.1) is 11.2 Å². The van der Waals surface area contributed by atoms with Crippen molar-refractivity contribution in [1.82, 2.24) is 0 Å². The van der Waals surface area contributed by atoms with Gasteiger partial charge in [-0.3, -0.25) is 4.79 Å². The first-order valence-corrected chi connectivity index (χ1v) is 7.99. The van der Waals surface area contributed by atoms with Crippen LogP contribution in [-0.2, 0) is 4.79 Å². The molecule has 0 bridgehead atoms. The van der Waals surface area contributed by atoms with Crippen molar-refractivity contribution in [2.24, 2.45) is 16.3 Å². The van der Waals surface area contributed by atoms with Crippen molar-refractivity contribution in [2.45, 2.75) is 45.1 Å². The molecule has 0 atom stereocenters. The first-order valence-electron chi connectivity index (χ1n) is 7.61. The van der Waals surface area contributed by atoms with E-state index in [0.717, 1.165) is 31.4 Å². The van der Waals surface area contributed by atoms with E-state index in [4.69, 9.17) is 17.3 Å². The van der Waals surface area contributed by atoms with Gasteiger partial charge in [0.15, 0.2) is 0 Å². The first-order chi connectivity index (χ1) is 10.5. The Morgan fingerprint density at radius 2 is 2.14 bits per heavy atom. The Bertz CT molecular complexity index is 638. The van der Waals surface area contributed by atoms with Gasteiger partial charge < -0.3 is 5.73 Å². The molecule has 1 aliphatic carbocycles. The maximum atomic E-state index is 13.2. The molecule has 0 radical (unpaired) electrons. The predicted molar refractivity (Wildman–Crippen MR) is 85.5 cm³/mol. The van der Waals surface area contributed by atoms with Gasteiger partial charge in [0, 0.05) is 6.04 Å². The molecule has 1 spiro atoms. The fourth-order valence-corrected chi connectivity index (χ4v) is 3.70. The highest BCUT2D eigenvalue weighted by atomic mass is 35.5. The quantitative estimate of drug-likeness (QED) is 0.905. The predicted octanol–water partition coefficient (Wildman–Crippen LogP) is 3.48. The van der Waals surface area contributed by atoms with Crippen molar-refractivity contribution in [3.63, 3.8) is 0 Å². The van der Waals surface area contributed by atoms with Crippen LogP contribution in [0.15, 0.2) is 23.3 Å². The third kappa shape index (κ3) is 2.32. The van der Waals surface area contributed by atoms with Gasteiger partial charge in [-0.1, -0.05) is 18.5 Å². The van der Waals surface area contributed by atoms with E-state index in [9.17, 15) is 9.18 Å². The minimum atomic E-state index is -0.553. The Kier molecular flexibility index (Phi) is 3.95. The van der Waals surface area contributed by atoms with Crippen molar-refractivity contribution in [3.8, 4) is 0 Å². The van der Waals surface area contributed by atoms with E-state index in [2.05, 4.69) is 5.10 Å². The maximum absolute atomic E-state index is 13.2. The highest BCUT2D eigenvalue weighted by molar-refractivity contribution is 6.34. The molecular formula is C16H19ClFN3O. The number of nitrogens with two attached hydrogens (primary N) is 1. The van der Waals surface area contributed by atoms with Gasteiger partial charge in [0.05, 0.1) is 21.8 Å². The van der Waals surface area contributed by atoms with Crippen LogP contribution in [0.5, 0.6) is 0 Å². The fraction of sp³-hybridized carbons (Fsp3) is 0.500.